The molecular weight excluding hydrogens is 396 g/mol. The normalized spacial score (nSPS) is 28.5. The van der Waals surface area contributed by atoms with Gasteiger partial charge in [-0.3, -0.25) is 0 Å². The zero-order valence-corrected chi connectivity index (χ0v) is 19.4. The second kappa shape index (κ2) is 7.86. The third-order valence-corrected chi connectivity index (χ3v) is 11.0. The van der Waals surface area contributed by atoms with Crippen LogP contribution in [0.1, 0.15) is 34.6 Å². The molecule has 2 aliphatic heterocycles. The van der Waals surface area contributed by atoms with Crippen molar-refractivity contribution in [2.75, 3.05) is 6.61 Å². The van der Waals surface area contributed by atoms with Crippen LogP contribution in [0, 0.1) is 0 Å². The van der Waals surface area contributed by atoms with Gasteiger partial charge in [-0.25, -0.2) is 0 Å². The number of aliphatic hydroxyl groups is 1. The minimum Gasteiger partial charge on any atom is -0.405 e. The van der Waals surface area contributed by atoms with E-state index >= 15 is 0 Å². The topological polar surface area (TPSA) is 57.2 Å². The molecule has 4 atom stereocenters. The predicted octanol–water partition coefficient (Wildman–Crippen LogP) is 2.80. The molecule has 0 saturated carbocycles. The van der Waals surface area contributed by atoms with E-state index in [1.54, 1.807) is 0 Å². The van der Waals surface area contributed by atoms with Crippen molar-refractivity contribution in [2.45, 2.75) is 70.0 Å². The molecule has 162 valence electrons. The number of aliphatic hydroxyl groups excluding tert-OH is 1. The summed E-state index contributed by atoms with van der Waals surface area (Å²) < 4.78 is 24.5. The number of benzene rings is 2. The van der Waals surface area contributed by atoms with Crippen molar-refractivity contribution >= 4 is 18.7 Å². The Hall–Kier alpha value is -1.54. The highest BCUT2D eigenvalue weighted by atomic mass is 28.4. The van der Waals surface area contributed by atoms with E-state index in [-0.39, 0.29) is 11.6 Å². The Bertz CT molecular complexity index is 809. The quantitative estimate of drug-likeness (QED) is 0.742. The summed E-state index contributed by atoms with van der Waals surface area (Å²) in [6, 6.07) is 20.9. The maximum atomic E-state index is 10.8. The lowest BCUT2D eigenvalue weighted by Gasteiger charge is -2.43. The predicted molar refractivity (Wildman–Crippen MR) is 118 cm³/mol. The lowest BCUT2D eigenvalue weighted by molar-refractivity contribution is -0.217. The van der Waals surface area contributed by atoms with Gasteiger partial charge in [0.1, 0.15) is 18.3 Å². The molecule has 30 heavy (non-hydrogen) atoms. The molecule has 4 rings (SSSR count). The van der Waals surface area contributed by atoms with Gasteiger partial charge in [-0.1, -0.05) is 81.4 Å². The highest BCUT2D eigenvalue weighted by Crippen LogP contribution is 2.40. The van der Waals surface area contributed by atoms with E-state index < -0.39 is 38.7 Å². The second-order valence-corrected chi connectivity index (χ2v) is 13.9. The Kier molecular flexibility index (Phi) is 5.68. The molecule has 3 unspecified atom stereocenters. The second-order valence-electron chi connectivity index (χ2n) is 9.61. The molecular formula is C24H32O5Si. The first-order chi connectivity index (χ1) is 14.1. The minimum absolute atomic E-state index is 0.135. The molecule has 2 saturated heterocycles. The van der Waals surface area contributed by atoms with Crippen LogP contribution in [0.25, 0.3) is 0 Å². The summed E-state index contributed by atoms with van der Waals surface area (Å²) in [5.74, 6) is -0.750. The Morgan fingerprint density at radius 3 is 1.93 bits per heavy atom. The average molecular weight is 429 g/mol. The molecule has 0 radical (unpaired) electrons. The van der Waals surface area contributed by atoms with Crippen LogP contribution in [0.15, 0.2) is 60.7 Å². The number of fused-ring (bicyclic) bond motifs is 1. The highest BCUT2D eigenvalue weighted by Gasteiger charge is 2.56. The fourth-order valence-corrected chi connectivity index (χ4v) is 9.23. The zero-order valence-electron chi connectivity index (χ0n) is 18.4. The summed E-state index contributed by atoms with van der Waals surface area (Å²) in [7, 11) is -2.68. The minimum atomic E-state index is -2.68. The van der Waals surface area contributed by atoms with Crippen LogP contribution >= 0.6 is 0 Å². The smallest absolute Gasteiger partial charge is 0.261 e. The summed E-state index contributed by atoms with van der Waals surface area (Å²) in [5.41, 5.74) is 0. The Morgan fingerprint density at radius 2 is 1.47 bits per heavy atom. The number of rotatable bonds is 5. The van der Waals surface area contributed by atoms with E-state index in [0.717, 1.165) is 0 Å². The van der Waals surface area contributed by atoms with Gasteiger partial charge in [0, 0.05) is 0 Å². The van der Waals surface area contributed by atoms with Crippen molar-refractivity contribution in [1.29, 1.82) is 0 Å². The van der Waals surface area contributed by atoms with Gasteiger partial charge in [-0.2, -0.15) is 0 Å². The monoisotopic (exact) mass is 428 g/mol. The van der Waals surface area contributed by atoms with Crippen molar-refractivity contribution in [3.05, 3.63) is 60.7 Å². The standard InChI is InChI=1S/C24H32O5Si/c1-23(2,3)30(17-12-8-6-9-13-17,18-14-10-7-11-15-18)26-16-19-20(25)21-22(27-19)29-24(4,5)28-21/h6-15,19-22,25H,16H2,1-5H3/t19?,20?,21-,22?/m1/s1. The Morgan fingerprint density at radius 1 is 0.933 bits per heavy atom. The van der Waals surface area contributed by atoms with E-state index in [1.165, 1.54) is 10.4 Å². The molecule has 6 heteroatoms. The largest absolute Gasteiger partial charge is 0.405 e. The van der Waals surface area contributed by atoms with Crippen LogP contribution in [0.3, 0.4) is 0 Å². The number of hydrogen-bond acceptors (Lipinski definition) is 5. The fraction of sp³-hybridized carbons (Fsp3) is 0.500. The molecule has 1 N–H and O–H groups in total. The van der Waals surface area contributed by atoms with Gasteiger partial charge in [0.2, 0.25) is 0 Å². The molecule has 0 aliphatic carbocycles. The molecule has 0 bridgehead atoms. The first kappa shape index (κ1) is 21.7. The molecule has 2 aromatic carbocycles. The van der Waals surface area contributed by atoms with E-state index in [2.05, 4.69) is 69.3 Å². The molecule has 2 fully saturated rings. The van der Waals surface area contributed by atoms with E-state index in [4.69, 9.17) is 18.6 Å². The van der Waals surface area contributed by atoms with Crippen LogP contribution in [0.5, 0.6) is 0 Å². The molecule has 0 amide bonds. The van der Waals surface area contributed by atoms with Crippen LogP contribution in [0.4, 0.5) is 0 Å². The third-order valence-electron chi connectivity index (χ3n) is 6.00. The van der Waals surface area contributed by atoms with Gasteiger partial charge < -0.3 is 23.7 Å². The van der Waals surface area contributed by atoms with Crippen molar-refractivity contribution in [3.8, 4) is 0 Å². The van der Waals surface area contributed by atoms with Gasteiger partial charge in [-0.15, -0.1) is 0 Å². The summed E-state index contributed by atoms with van der Waals surface area (Å²) >= 11 is 0. The Labute approximate surface area is 180 Å². The Balaban J connectivity index is 1.65. The zero-order chi connectivity index (χ0) is 21.6. The van der Waals surface area contributed by atoms with Crippen LogP contribution < -0.4 is 10.4 Å². The lowest BCUT2D eigenvalue weighted by atomic mass is 10.1. The maximum absolute atomic E-state index is 10.8. The van der Waals surface area contributed by atoms with E-state index in [1.807, 2.05) is 26.0 Å². The average Bonchev–Trinajstić information content (AvgIpc) is 3.15. The molecule has 5 nitrogen and oxygen atoms in total. The van der Waals surface area contributed by atoms with Gasteiger partial charge in [-0.05, 0) is 29.3 Å². The highest BCUT2D eigenvalue weighted by molar-refractivity contribution is 6.99. The van der Waals surface area contributed by atoms with Crippen LogP contribution in [0.2, 0.25) is 5.04 Å². The van der Waals surface area contributed by atoms with E-state index in [0.29, 0.717) is 0 Å². The van der Waals surface area contributed by atoms with Gasteiger partial charge in [0.25, 0.3) is 8.32 Å². The molecule has 2 heterocycles. The molecule has 0 aromatic heterocycles. The number of hydrogen-bond donors (Lipinski definition) is 1. The summed E-state index contributed by atoms with van der Waals surface area (Å²) in [4.78, 5) is 0. The van der Waals surface area contributed by atoms with Crippen molar-refractivity contribution in [3.63, 3.8) is 0 Å². The third kappa shape index (κ3) is 3.77. The SMILES string of the molecule is CC1(C)OC2OC(CO[Si](c3ccccc3)(c3ccccc3)C(C)(C)C)C(O)[C@H]2O1. The molecule has 2 aliphatic rings. The van der Waals surface area contributed by atoms with Crippen molar-refractivity contribution in [1.82, 2.24) is 0 Å². The van der Waals surface area contributed by atoms with E-state index in [9.17, 15) is 5.11 Å². The van der Waals surface area contributed by atoms with Crippen molar-refractivity contribution in [2.24, 2.45) is 0 Å². The fourth-order valence-electron chi connectivity index (χ4n) is 4.66. The number of ether oxygens (including phenoxy) is 3. The first-order valence-electron chi connectivity index (χ1n) is 10.6. The van der Waals surface area contributed by atoms with Gasteiger partial charge in [0.15, 0.2) is 12.1 Å². The van der Waals surface area contributed by atoms with Gasteiger partial charge in [0.05, 0.1) is 6.61 Å². The lowest BCUT2D eigenvalue weighted by Crippen LogP contribution is -2.67. The molecule has 2 aromatic rings. The molecule has 0 spiro atoms. The van der Waals surface area contributed by atoms with Crippen LogP contribution in [-0.2, 0) is 18.6 Å². The summed E-state index contributed by atoms with van der Waals surface area (Å²) in [5, 5.41) is 13.1. The van der Waals surface area contributed by atoms with Crippen molar-refractivity contribution < 1.29 is 23.7 Å². The summed E-state index contributed by atoms with van der Waals surface area (Å²) in [6.45, 7) is 10.6. The maximum Gasteiger partial charge on any atom is 0.261 e. The summed E-state index contributed by atoms with van der Waals surface area (Å²) in [6.07, 6.45) is -2.36. The van der Waals surface area contributed by atoms with Crippen LogP contribution in [-0.4, -0.2) is 50.4 Å². The van der Waals surface area contributed by atoms with Gasteiger partial charge >= 0.3 is 0 Å². The first-order valence-corrected chi connectivity index (χ1v) is 12.5.